The van der Waals surface area contributed by atoms with Gasteiger partial charge in [0.05, 0.1) is 12.1 Å². The van der Waals surface area contributed by atoms with Crippen LogP contribution in [0.1, 0.15) is 29.6 Å². The zero-order valence-corrected chi connectivity index (χ0v) is 15.3. The van der Waals surface area contributed by atoms with Crippen LogP contribution in [0.5, 0.6) is 5.75 Å². The van der Waals surface area contributed by atoms with Gasteiger partial charge < -0.3 is 20.3 Å². The van der Waals surface area contributed by atoms with E-state index in [1.54, 1.807) is 29.8 Å². The third-order valence-corrected chi connectivity index (χ3v) is 5.36. The van der Waals surface area contributed by atoms with Crippen molar-refractivity contribution in [3.63, 3.8) is 0 Å². The molecule has 2 aromatic rings. The number of likely N-dealkylation sites (tertiary alicyclic amines) is 1. The number of para-hydroxylation sites is 1. The first-order chi connectivity index (χ1) is 13.0. The molecule has 1 fully saturated rings. The second-order valence-corrected chi connectivity index (χ2v) is 7.39. The van der Waals surface area contributed by atoms with Gasteiger partial charge in [-0.15, -0.1) is 11.3 Å². The van der Waals surface area contributed by atoms with Crippen LogP contribution in [0.4, 0.5) is 5.13 Å². The molecule has 0 aliphatic carbocycles. The van der Waals surface area contributed by atoms with Crippen LogP contribution < -0.4 is 15.4 Å². The van der Waals surface area contributed by atoms with Crippen LogP contribution in [0.25, 0.3) is 0 Å². The fourth-order valence-electron chi connectivity index (χ4n) is 3.30. The number of anilines is 1. The number of rotatable bonds is 3. The molecule has 1 atom stereocenters. The molecular weight excluding hydrogens is 368 g/mol. The third-order valence-electron chi connectivity index (χ3n) is 4.67. The number of thiazole rings is 1. The standard InChI is InChI=1S/C18H18N4O4S/c23-14(20-17-19-8-10-27-17)11-22-9-7-18(6-5-15(22)24)21-16(25)12-3-1-2-4-13(12)26-18/h1-4,8,10H,5-7,9,11H2,(H,21,25)(H,19,20,23)/t18-/m1/s1. The fraction of sp³-hybridized carbons (Fsp3) is 0.333. The van der Waals surface area contributed by atoms with Crippen molar-refractivity contribution in [3.8, 4) is 5.75 Å². The van der Waals surface area contributed by atoms with Gasteiger partial charge in [0, 0.05) is 37.4 Å². The van der Waals surface area contributed by atoms with Crippen molar-refractivity contribution in [2.45, 2.75) is 25.0 Å². The summed E-state index contributed by atoms with van der Waals surface area (Å²) < 4.78 is 6.08. The summed E-state index contributed by atoms with van der Waals surface area (Å²) in [7, 11) is 0. The topological polar surface area (TPSA) is 101 Å². The lowest BCUT2D eigenvalue weighted by Gasteiger charge is -2.38. The summed E-state index contributed by atoms with van der Waals surface area (Å²) in [5.74, 6) is -0.131. The van der Waals surface area contributed by atoms with Crippen molar-refractivity contribution in [2.75, 3.05) is 18.4 Å². The first kappa shape index (κ1) is 17.5. The quantitative estimate of drug-likeness (QED) is 0.835. The molecule has 9 heteroatoms. The summed E-state index contributed by atoms with van der Waals surface area (Å²) in [5.41, 5.74) is -0.444. The van der Waals surface area contributed by atoms with Gasteiger partial charge in [-0.1, -0.05) is 12.1 Å². The molecule has 0 radical (unpaired) electrons. The molecule has 1 aromatic carbocycles. The van der Waals surface area contributed by atoms with E-state index in [-0.39, 0.29) is 30.7 Å². The highest BCUT2D eigenvalue weighted by atomic mass is 32.1. The van der Waals surface area contributed by atoms with Crippen molar-refractivity contribution in [2.24, 2.45) is 0 Å². The van der Waals surface area contributed by atoms with Crippen LogP contribution in [-0.4, -0.2) is 46.4 Å². The molecule has 0 bridgehead atoms. The summed E-state index contributed by atoms with van der Waals surface area (Å²) in [6.07, 6.45) is 2.55. The predicted octanol–water partition coefficient (Wildman–Crippen LogP) is 1.61. The van der Waals surface area contributed by atoms with E-state index in [0.717, 1.165) is 0 Å². The molecule has 1 saturated heterocycles. The third kappa shape index (κ3) is 3.63. The highest BCUT2D eigenvalue weighted by molar-refractivity contribution is 7.13. The summed E-state index contributed by atoms with van der Waals surface area (Å²) >= 11 is 1.32. The minimum Gasteiger partial charge on any atom is -0.467 e. The zero-order valence-electron chi connectivity index (χ0n) is 14.4. The summed E-state index contributed by atoms with van der Waals surface area (Å²) in [5, 5.41) is 7.84. The smallest absolute Gasteiger partial charge is 0.258 e. The van der Waals surface area contributed by atoms with E-state index in [9.17, 15) is 14.4 Å². The van der Waals surface area contributed by atoms with E-state index in [2.05, 4.69) is 15.6 Å². The second kappa shape index (κ2) is 6.99. The molecule has 3 amide bonds. The Balaban J connectivity index is 1.44. The highest BCUT2D eigenvalue weighted by Crippen LogP contribution is 2.33. The summed E-state index contributed by atoms with van der Waals surface area (Å²) in [6, 6.07) is 7.04. The van der Waals surface area contributed by atoms with Crippen molar-refractivity contribution < 1.29 is 19.1 Å². The van der Waals surface area contributed by atoms with Gasteiger partial charge in [0.15, 0.2) is 10.9 Å². The van der Waals surface area contributed by atoms with Crippen LogP contribution in [0, 0.1) is 0 Å². The number of hydrogen-bond acceptors (Lipinski definition) is 6. The minimum absolute atomic E-state index is 0.0565. The average molecular weight is 386 g/mol. The number of ether oxygens (including phenoxy) is 1. The molecule has 0 unspecified atom stereocenters. The Kier molecular flexibility index (Phi) is 4.53. The lowest BCUT2D eigenvalue weighted by atomic mass is 10.0. The van der Waals surface area contributed by atoms with Gasteiger partial charge in [0.25, 0.3) is 5.91 Å². The van der Waals surface area contributed by atoms with Crippen LogP contribution >= 0.6 is 11.3 Å². The lowest BCUT2D eigenvalue weighted by Crippen LogP contribution is -2.56. The van der Waals surface area contributed by atoms with Crippen molar-refractivity contribution in [3.05, 3.63) is 41.4 Å². The SMILES string of the molecule is O=C(CN1CC[C@]2(CCC1=O)NC(=O)c1ccccc1O2)Nc1nccs1. The Labute approximate surface area is 159 Å². The number of nitrogens with one attached hydrogen (secondary N) is 2. The molecule has 1 aromatic heterocycles. The van der Waals surface area contributed by atoms with Crippen LogP contribution in [0.3, 0.4) is 0 Å². The number of carbonyl (C=O) groups is 3. The van der Waals surface area contributed by atoms with E-state index >= 15 is 0 Å². The number of aromatic nitrogens is 1. The monoisotopic (exact) mass is 386 g/mol. The number of nitrogens with zero attached hydrogens (tertiary/aromatic N) is 2. The molecule has 4 rings (SSSR count). The Hall–Kier alpha value is -2.94. The average Bonchev–Trinajstić information content (AvgIpc) is 3.11. The van der Waals surface area contributed by atoms with Gasteiger partial charge in [0.1, 0.15) is 5.75 Å². The van der Waals surface area contributed by atoms with Gasteiger partial charge in [-0.05, 0) is 12.1 Å². The van der Waals surface area contributed by atoms with Gasteiger partial charge >= 0.3 is 0 Å². The maximum absolute atomic E-state index is 12.5. The number of carbonyl (C=O) groups excluding carboxylic acids is 3. The van der Waals surface area contributed by atoms with E-state index in [0.29, 0.717) is 35.8 Å². The molecular formula is C18H18N4O4S. The van der Waals surface area contributed by atoms with Crippen molar-refractivity contribution in [1.82, 2.24) is 15.2 Å². The Morgan fingerprint density at radius 1 is 1.33 bits per heavy atom. The number of hydrogen-bond donors (Lipinski definition) is 2. The lowest BCUT2D eigenvalue weighted by molar-refractivity contribution is -0.134. The second-order valence-electron chi connectivity index (χ2n) is 6.50. The van der Waals surface area contributed by atoms with Crippen LogP contribution in [-0.2, 0) is 9.59 Å². The fourth-order valence-corrected chi connectivity index (χ4v) is 3.84. The molecule has 27 heavy (non-hydrogen) atoms. The predicted molar refractivity (Wildman–Crippen MR) is 98.4 cm³/mol. The van der Waals surface area contributed by atoms with Crippen molar-refractivity contribution in [1.29, 1.82) is 0 Å². The number of fused-ring (bicyclic) bond motifs is 1. The summed E-state index contributed by atoms with van der Waals surface area (Å²) in [6.45, 7) is 0.256. The van der Waals surface area contributed by atoms with Gasteiger partial charge in [-0.25, -0.2) is 4.98 Å². The normalized spacial score (nSPS) is 21.9. The largest absolute Gasteiger partial charge is 0.467 e. The van der Waals surface area contributed by atoms with Crippen LogP contribution in [0.2, 0.25) is 0 Å². The molecule has 3 heterocycles. The van der Waals surface area contributed by atoms with Gasteiger partial charge in [-0.2, -0.15) is 0 Å². The van der Waals surface area contributed by atoms with Gasteiger partial charge in [-0.3, -0.25) is 14.4 Å². The molecule has 2 aliphatic heterocycles. The number of benzene rings is 1. The zero-order chi connectivity index (χ0) is 18.9. The molecule has 8 nitrogen and oxygen atoms in total. The van der Waals surface area contributed by atoms with E-state index in [4.69, 9.17) is 4.74 Å². The Morgan fingerprint density at radius 3 is 3.00 bits per heavy atom. The van der Waals surface area contributed by atoms with Gasteiger partial charge in [0.2, 0.25) is 11.8 Å². The van der Waals surface area contributed by atoms with E-state index in [1.165, 1.54) is 16.2 Å². The van der Waals surface area contributed by atoms with E-state index < -0.39 is 5.72 Å². The molecule has 2 aliphatic rings. The van der Waals surface area contributed by atoms with Crippen LogP contribution in [0.15, 0.2) is 35.8 Å². The Morgan fingerprint density at radius 2 is 2.19 bits per heavy atom. The highest BCUT2D eigenvalue weighted by Gasteiger charge is 2.42. The van der Waals surface area contributed by atoms with Crippen molar-refractivity contribution >= 4 is 34.2 Å². The molecule has 0 saturated carbocycles. The molecule has 140 valence electrons. The first-order valence-corrected chi connectivity index (χ1v) is 9.50. The summed E-state index contributed by atoms with van der Waals surface area (Å²) in [4.78, 5) is 42.6. The van der Waals surface area contributed by atoms with E-state index in [1.807, 2.05) is 6.07 Å². The molecule has 2 N–H and O–H groups in total. The first-order valence-electron chi connectivity index (χ1n) is 8.62. The Bertz CT molecular complexity index is 885. The maximum atomic E-state index is 12.5. The minimum atomic E-state index is -0.929. The number of amides is 3. The maximum Gasteiger partial charge on any atom is 0.258 e. The molecule has 1 spiro atoms.